The number of amides is 2. The zero-order valence-corrected chi connectivity index (χ0v) is 27.2. The van der Waals surface area contributed by atoms with Crippen LogP contribution < -0.4 is 14.4 Å². The van der Waals surface area contributed by atoms with Crippen molar-refractivity contribution in [2.75, 3.05) is 18.0 Å². The van der Waals surface area contributed by atoms with Crippen LogP contribution in [0.4, 0.5) is 10.1 Å². The first kappa shape index (κ1) is 33.7. The summed E-state index contributed by atoms with van der Waals surface area (Å²) in [5.74, 6) is -1.14. The van der Waals surface area contributed by atoms with Gasteiger partial charge in [-0.2, -0.15) is 0 Å². The van der Waals surface area contributed by atoms with Crippen LogP contribution in [0.15, 0.2) is 114 Å². The van der Waals surface area contributed by atoms with Crippen molar-refractivity contribution in [1.82, 2.24) is 10.2 Å². The van der Waals surface area contributed by atoms with Crippen LogP contribution in [0, 0.1) is 5.82 Å². The standard InChI is InChI=1S/C37H40FN3O5S/c1-46-32-20-13-19-31(25-32)41(47(44,45)33-21-9-4-10-22-33)27-36(42)40(26-29-16-11-12-23-34(29)38)35(24-28-14-5-2-6-15-28)37(43)39-30-17-7-3-8-18-30/h2,4-6,9-16,19-23,25,30,35H,3,7-8,17-18,24,26-27H2,1H3,(H,39,43)/t35-/m0/s1. The van der Waals surface area contributed by atoms with Crippen LogP contribution in [0.3, 0.4) is 0 Å². The average Bonchev–Trinajstić information content (AvgIpc) is 3.10. The number of hydrogen-bond acceptors (Lipinski definition) is 5. The highest BCUT2D eigenvalue weighted by atomic mass is 32.2. The molecule has 0 bridgehead atoms. The van der Waals surface area contributed by atoms with E-state index in [1.807, 2.05) is 30.3 Å². The topological polar surface area (TPSA) is 96.0 Å². The van der Waals surface area contributed by atoms with Gasteiger partial charge in [0, 0.05) is 30.6 Å². The zero-order chi connectivity index (χ0) is 33.2. The van der Waals surface area contributed by atoms with E-state index in [0.29, 0.717) is 5.75 Å². The molecule has 0 unspecified atom stereocenters. The van der Waals surface area contributed by atoms with Crippen LogP contribution in [0.1, 0.15) is 43.2 Å². The predicted molar refractivity (Wildman–Crippen MR) is 180 cm³/mol. The van der Waals surface area contributed by atoms with Gasteiger partial charge >= 0.3 is 0 Å². The summed E-state index contributed by atoms with van der Waals surface area (Å²) in [6, 6.07) is 28.6. The summed E-state index contributed by atoms with van der Waals surface area (Å²) in [6.45, 7) is -0.876. The number of ether oxygens (including phenoxy) is 1. The first-order chi connectivity index (χ1) is 22.8. The molecule has 4 aromatic rings. The van der Waals surface area contributed by atoms with Crippen molar-refractivity contribution in [2.45, 2.75) is 62.0 Å². The van der Waals surface area contributed by atoms with E-state index in [2.05, 4.69) is 5.32 Å². The molecule has 0 aromatic heterocycles. The number of hydrogen-bond donors (Lipinski definition) is 1. The summed E-state index contributed by atoms with van der Waals surface area (Å²) in [7, 11) is -2.79. The SMILES string of the molecule is COc1cccc(N(CC(=O)N(Cc2ccccc2F)[C@@H](Cc2ccccc2)C(=O)NC2CCCCC2)S(=O)(=O)c2ccccc2)c1. The minimum atomic E-state index is -4.26. The number of nitrogens with one attached hydrogen (secondary N) is 1. The van der Waals surface area contributed by atoms with Gasteiger partial charge in [-0.25, -0.2) is 12.8 Å². The highest BCUT2D eigenvalue weighted by Crippen LogP contribution is 2.28. The third kappa shape index (κ3) is 8.56. The number of carbonyl (C=O) groups excluding carboxylic acids is 2. The molecule has 1 saturated carbocycles. The normalized spacial score (nSPS) is 14.2. The molecule has 2 amide bonds. The highest BCUT2D eigenvalue weighted by molar-refractivity contribution is 7.92. The Labute approximate surface area is 276 Å². The van der Waals surface area contributed by atoms with Gasteiger partial charge in [-0.1, -0.05) is 92.1 Å². The first-order valence-electron chi connectivity index (χ1n) is 15.9. The molecule has 0 saturated heterocycles. The molecule has 1 N–H and O–H groups in total. The number of carbonyl (C=O) groups is 2. The number of methoxy groups -OCH3 is 1. The molecule has 1 aliphatic carbocycles. The van der Waals surface area contributed by atoms with Crippen LogP contribution in [0.2, 0.25) is 0 Å². The van der Waals surface area contributed by atoms with E-state index < -0.39 is 34.3 Å². The number of anilines is 1. The second kappa shape index (κ2) is 15.7. The largest absolute Gasteiger partial charge is 0.497 e. The Kier molecular flexibility index (Phi) is 11.3. The molecule has 47 heavy (non-hydrogen) atoms. The molecule has 0 aliphatic heterocycles. The Morgan fingerprint density at radius 3 is 2.21 bits per heavy atom. The lowest BCUT2D eigenvalue weighted by Gasteiger charge is -2.35. The maximum Gasteiger partial charge on any atom is 0.264 e. The van der Waals surface area contributed by atoms with Crippen molar-refractivity contribution in [3.8, 4) is 5.75 Å². The molecule has 0 radical (unpaired) electrons. The second-order valence-electron chi connectivity index (χ2n) is 11.7. The molecule has 1 fully saturated rings. The molecule has 10 heteroatoms. The van der Waals surface area contributed by atoms with Crippen molar-refractivity contribution < 1.29 is 27.1 Å². The van der Waals surface area contributed by atoms with Crippen LogP contribution >= 0.6 is 0 Å². The molecule has 1 aliphatic rings. The smallest absolute Gasteiger partial charge is 0.264 e. The lowest BCUT2D eigenvalue weighted by molar-refractivity contribution is -0.140. The summed E-state index contributed by atoms with van der Waals surface area (Å²) in [6.07, 6.45) is 4.93. The highest BCUT2D eigenvalue weighted by Gasteiger charge is 2.36. The summed E-state index contributed by atoms with van der Waals surface area (Å²) < 4.78 is 49.8. The molecule has 5 rings (SSSR count). The van der Waals surface area contributed by atoms with E-state index in [1.54, 1.807) is 54.6 Å². The van der Waals surface area contributed by atoms with Crippen LogP contribution in [-0.2, 0) is 32.6 Å². The number of halogens is 1. The van der Waals surface area contributed by atoms with Crippen molar-refractivity contribution >= 4 is 27.5 Å². The van der Waals surface area contributed by atoms with Crippen LogP contribution in [-0.4, -0.2) is 50.9 Å². The monoisotopic (exact) mass is 657 g/mol. The second-order valence-corrected chi connectivity index (χ2v) is 13.6. The fraction of sp³-hybridized carbons (Fsp3) is 0.297. The Balaban J connectivity index is 1.57. The number of rotatable bonds is 13. The van der Waals surface area contributed by atoms with Crippen molar-refractivity contribution in [2.24, 2.45) is 0 Å². The van der Waals surface area contributed by atoms with Gasteiger partial charge in [0.25, 0.3) is 10.0 Å². The summed E-state index contributed by atoms with van der Waals surface area (Å²) in [5, 5.41) is 3.16. The third-order valence-corrected chi connectivity index (χ3v) is 10.3. The van der Waals surface area contributed by atoms with E-state index >= 15 is 4.39 Å². The maximum atomic E-state index is 15.1. The average molecular weight is 658 g/mol. The minimum absolute atomic E-state index is 0.00727. The van der Waals surface area contributed by atoms with E-state index in [9.17, 15) is 18.0 Å². The van der Waals surface area contributed by atoms with Crippen molar-refractivity contribution in [3.63, 3.8) is 0 Å². The maximum absolute atomic E-state index is 15.1. The van der Waals surface area contributed by atoms with Gasteiger partial charge in [0.2, 0.25) is 11.8 Å². The lowest BCUT2D eigenvalue weighted by atomic mass is 9.94. The third-order valence-electron chi connectivity index (χ3n) is 8.47. The van der Waals surface area contributed by atoms with Gasteiger partial charge in [-0.15, -0.1) is 0 Å². The van der Waals surface area contributed by atoms with E-state index in [-0.39, 0.29) is 41.1 Å². The molecule has 246 valence electrons. The fourth-order valence-electron chi connectivity index (χ4n) is 5.92. The zero-order valence-electron chi connectivity index (χ0n) is 26.4. The quantitative estimate of drug-likeness (QED) is 0.187. The fourth-order valence-corrected chi connectivity index (χ4v) is 7.35. The predicted octanol–water partition coefficient (Wildman–Crippen LogP) is 6.12. The summed E-state index contributed by atoms with van der Waals surface area (Å²) in [5.41, 5.74) is 1.23. The van der Waals surface area contributed by atoms with E-state index in [1.165, 1.54) is 36.3 Å². The van der Waals surface area contributed by atoms with Crippen molar-refractivity contribution in [1.29, 1.82) is 0 Å². The molecular weight excluding hydrogens is 617 g/mol. The van der Waals surface area contributed by atoms with Gasteiger partial charge in [0.15, 0.2) is 0 Å². The molecule has 0 spiro atoms. The van der Waals surface area contributed by atoms with Gasteiger partial charge in [-0.3, -0.25) is 13.9 Å². The Hall–Kier alpha value is -4.70. The number of sulfonamides is 1. The summed E-state index contributed by atoms with van der Waals surface area (Å²) >= 11 is 0. The Bertz CT molecular complexity index is 1750. The van der Waals surface area contributed by atoms with E-state index in [4.69, 9.17) is 4.74 Å². The van der Waals surface area contributed by atoms with Crippen LogP contribution in [0.5, 0.6) is 5.75 Å². The van der Waals surface area contributed by atoms with Gasteiger partial charge in [0.1, 0.15) is 24.2 Å². The molecule has 8 nitrogen and oxygen atoms in total. The van der Waals surface area contributed by atoms with Crippen LogP contribution in [0.25, 0.3) is 0 Å². The van der Waals surface area contributed by atoms with Gasteiger partial charge in [-0.05, 0) is 48.7 Å². The summed E-state index contributed by atoms with van der Waals surface area (Å²) in [4.78, 5) is 30.0. The van der Waals surface area contributed by atoms with Gasteiger partial charge in [0.05, 0.1) is 17.7 Å². The molecule has 1 atom stereocenters. The number of nitrogens with zero attached hydrogens (tertiary/aromatic N) is 2. The lowest BCUT2D eigenvalue weighted by Crippen LogP contribution is -2.55. The molecule has 0 heterocycles. The Morgan fingerprint density at radius 1 is 0.872 bits per heavy atom. The Morgan fingerprint density at radius 2 is 1.53 bits per heavy atom. The molecular formula is C37H40FN3O5S. The van der Waals surface area contributed by atoms with E-state index in [0.717, 1.165) is 42.0 Å². The van der Waals surface area contributed by atoms with Crippen molar-refractivity contribution in [3.05, 3.63) is 126 Å². The minimum Gasteiger partial charge on any atom is -0.497 e. The van der Waals surface area contributed by atoms with Gasteiger partial charge < -0.3 is 15.0 Å². The molecule has 4 aromatic carbocycles. The first-order valence-corrected chi connectivity index (χ1v) is 17.3. The number of benzene rings is 4.